The van der Waals surface area contributed by atoms with Crippen molar-refractivity contribution in [1.29, 1.82) is 0 Å². The summed E-state index contributed by atoms with van der Waals surface area (Å²) in [6, 6.07) is 0. The molecule has 7 heteroatoms. The van der Waals surface area contributed by atoms with E-state index in [9.17, 15) is 0 Å². The van der Waals surface area contributed by atoms with E-state index in [1.54, 1.807) is 0 Å². The minimum absolute atomic E-state index is 0. The van der Waals surface area contributed by atoms with Crippen LogP contribution in [0, 0.1) is 0 Å². The Hall–Kier alpha value is 3.14. The molecular formula is H3K2O4S+3. The fourth-order valence-electron chi connectivity index (χ4n) is 0. The van der Waals surface area contributed by atoms with Crippen LogP contribution >= 0.6 is 0 Å². The van der Waals surface area contributed by atoms with Crippen molar-refractivity contribution in [3.05, 3.63) is 0 Å². The molecule has 0 aliphatic heterocycles. The molecular weight excluding hydrogens is 174 g/mol. The molecule has 0 aromatic carbocycles. The van der Waals surface area contributed by atoms with Gasteiger partial charge in [-0.25, -0.2) is 0 Å². The minimum atomic E-state index is -4.67. The van der Waals surface area contributed by atoms with Crippen molar-refractivity contribution < 1.29 is 122 Å². The van der Waals surface area contributed by atoms with E-state index in [0.717, 1.165) is 0 Å². The first-order valence-electron chi connectivity index (χ1n) is 0.698. The maximum absolute atomic E-state index is 8.74. The van der Waals surface area contributed by atoms with Crippen LogP contribution < -0.4 is 103 Å². The van der Waals surface area contributed by atoms with Gasteiger partial charge in [-0.05, 0) is 0 Å². The van der Waals surface area contributed by atoms with Crippen LogP contribution in [0.1, 0.15) is 1.43 Å². The van der Waals surface area contributed by atoms with Gasteiger partial charge in [0.25, 0.3) is 0 Å². The van der Waals surface area contributed by atoms with Crippen LogP contribution in [0.5, 0.6) is 0 Å². The second-order valence-electron chi connectivity index (χ2n) is 0.448. The van der Waals surface area contributed by atoms with E-state index in [-0.39, 0.29) is 104 Å². The van der Waals surface area contributed by atoms with Crippen molar-refractivity contribution in [3.63, 3.8) is 0 Å². The number of rotatable bonds is 0. The van der Waals surface area contributed by atoms with Gasteiger partial charge >= 0.3 is 115 Å². The monoisotopic (exact) mass is 177 g/mol. The van der Waals surface area contributed by atoms with E-state index in [1.165, 1.54) is 0 Å². The summed E-state index contributed by atoms with van der Waals surface area (Å²) in [4.78, 5) is 0. The van der Waals surface area contributed by atoms with Crippen LogP contribution in [-0.4, -0.2) is 17.5 Å². The molecule has 2 N–H and O–H groups in total. The molecule has 0 saturated carbocycles. The molecule has 0 bridgehead atoms. The normalized spacial score (nSPS) is 8.29. The molecule has 0 atom stereocenters. The van der Waals surface area contributed by atoms with Gasteiger partial charge in [-0.2, -0.15) is 8.42 Å². The predicted molar refractivity (Wildman–Crippen MR) is 15.3 cm³/mol. The quantitative estimate of drug-likeness (QED) is 0.285. The van der Waals surface area contributed by atoms with E-state index in [0.29, 0.717) is 0 Å². The van der Waals surface area contributed by atoms with Crippen LogP contribution in [0.4, 0.5) is 0 Å². The molecule has 0 radical (unpaired) electrons. The van der Waals surface area contributed by atoms with Gasteiger partial charge in [-0.15, -0.1) is 0 Å². The first-order valence-corrected chi connectivity index (χ1v) is 2.10. The molecule has 0 fully saturated rings. The van der Waals surface area contributed by atoms with Gasteiger partial charge in [0, 0.05) is 0 Å². The zero-order valence-electron chi connectivity index (χ0n) is 5.12. The molecule has 0 saturated heterocycles. The SMILES string of the molecule is O=S(=O)(O)O.[H+].[K+].[K+]. The Morgan fingerprint density at radius 3 is 1.14 bits per heavy atom. The summed E-state index contributed by atoms with van der Waals surface area (Å²) >= 11 is 0. The summed E-state index contributed by atoms with van der Waals surface area (Å²) in [7, 11) is -4.67. The van der Waals surface area contributed by atoms with Crippen LogP contribution in [0.3, 0.4) is 0 Å². The average Bonchev–Trinajstić information content (AvgIpc) is 0.722. The maximum atomic E-state index is 8.74. The van der Waals surface area contributed by atoms with Gasteiger partial charge in [-0.3, -0.25) is 9.11 Å². The Morgan fingerprint density at radius 1 is 1.14 bits per heavy atom. The molecule has 0 aliphatic carbocycles. The van der Waals surface area contributed by atoms with E-state index in [2.05, 4.69) is 0 Å². The Kier molecular flexibility index (Phi) is 17.2. The molecule has 4 nitrogen and oxygen atoms in total. The molecule has 0 spiro atoms. The molecule has 0 unspecified atom stereocenters. The molecule has 0 aliphatic rings. The number of hydrogen-bond acceptors (Lipinski definition) is 2. The van der Waals surface area contributed by atoms with Gasteiger partial charge in [0.1, 0.15) is 0 Å². The fraction of sp³-hybridized carbons (Fsp3) is 0. The molecule has 0 heterocycles. The third-order valence-electron chi connectivity index (χ3n) is 0. The average molecular weight is 177 g/mol. The first-order chi connectivity index (χ1) is 2.00. The van der Waals surface area contributed by atoms with E-state index in [4.69, 9.17) is 17.5 Å². The summed E-state index contributed by atoms with van der Waals surface area (Å²) in [6.45, 7) is 0. The molecule has 0 rings (SSSR count). The topological polar surface area (TPSA) is 74.6 Å². The van der Waals surface area contributed by atoms with E-state index >= 15 is 0 Å². The Bertz CT molecular complexity index is 97.2. The van der Waals surface area contributed by atoms with Crippen molar-refractivity contribution in [2.75, 3.05) is 0 Å². The largest absolute Gasteiger partial charge is 1.00 e. The summed E-state index contributed by atoms with van der Waals surface area (Å²) in [6.07, 6.45) is 0. The van der Waals surface area contributed by atoms with Crippen molar-refractivity contribution in [2.24, 2.45) is 0 Å². The standard InChI is InChI=1S/2K.H2O4S/c;;1-5(2,3)4/h;;(H2,1,2,3,4)/q2*+1;/p+1. The van der Waals surface area contributed by atoms with Gasteiger partial charge < -0.3 is 0 Å². The van der Waals surface area contributed by atoms with Gasteiger partial charge in [-0.1, -0.05) is 0 Å². The van der Waals surface area contributed by atoms with Crippen LogP contribution in [0.2, 0.25) is 0 Å². The summed E-state index contributed by atoms with van der Waals surface area (Å²) < 4.78 is 31.6. The van der Waals surface area contributed by atoms with Gasteiger partial charge in [0.05, 0.1) is 0 Å². The fourth-order valence-corrected chi connectivity index (χ4v) is 0. The third-order valence-corrected chi connectivity index (χ3v) is 0. The van der Waals surface area contributed by atoms with Crippen LogP contribution in [0.25, 0.3) is 0 Å². The Balaban J connectivity index is -0.0000000267. The third kappa shape index (κ3) is 47.2. The van der Waals surface area contributed by atoms with Crippen LogP contribution in [-0.2, 0) is 10.4 Å². The van der Waals surface area contributed by atoms with Crippen molar-refractivity contribution >= 4 is 10.4 Å². The number of hydrogen-bond donors (Lipinski definition) is 2. The minimum Gasteiger partial charge on any atom is -0.264 e. The maximum Gasteiger partial charge on any atom is 1.00 e. The zero-order chi connectivity index (χ0) is 4.50. The second-order valence-corrected chi connectivity index (χ2v) is 1.34. The van der Waals surface area contributed by atoms with Crippen molar-refractivity contribution in [2.45, 2.75) is 0 Å². The van der Waals surface area contributed by atoms with Crippen LogP contribution in [0.15, 0.2) is 0 Å². The Morgan fingerprint density at radius 2 is 1.14 bits per heavy atom. The smallest absolute Gasteiger partial charge is 0.264 e. The summed E-state index contributed by atoms with van der Waals surface area (Å²) in [5.41, 5.74) is 0. The summed E-state index contributed by atoms with van der Waals surface area (Å²) in [5, 5.41) is 0. The van der Waals surface area contributed by atoms with Crippen molar-refractivity contribution in [1.82, 2.24) is 0 Å². The molecule has 7 heavy (non-hydrogen) atoms. The Labute approximate surface area is 128 Å². The molecule has 0 amide bonds. The van der Waals surface area contributed by atoms with Crippen molar-refractivity contribution in [3.8, 4) is 0 Å². The van der Waals surface area contributed by atoms with E-state index < -0.39 is 10.4 Å². The summed E-state index contributed by atoms with van der Waals surface area (Å²) in [5.74, 6) is 0. The zero-order valence-corrected chi connectivity index (χ0v) is 11.2. The predicted octanol–water partition coefficient (Wildman–Crippen LogP) is -6.53. The van der Waals surface area contributed by atoms with E-state index in [1.807, 2.05) is 0 Å². The van der Waals surface area contributed by atoms with Gasteiger partial charge in [0.2, 0.25) is 0 Å². The van der Waals surface area contributed by atoms with Gasteiger partial charge in [0.15, 0.2) is 0 Å². The second kappa shape index (κ2) is 7.25. The molecule has 0 aromatic heterocycles. The first kappa shape index (κ1) is 16.6. The molecule has 32 valence electrons. The molecule has 0 aromatic rings.